The number of ether oxygens (including phenoxy) is 1. The molecule has 1 aromatic carbocycles. The molecule has 2 aromatic rings. The predicted molar refractivity (Wildman–Crippen MR) is 73.4 cm³/mol. The highest BCUT2D eigenvalue weighted by atomic mass is 16.5. The molecule has 0 spiro atoms. The van der Waals surface area contributed by atoms with Crippen LogP contribution < -0.4 is 5.32 Å². The number of nitrogens with zero attached hydrogens (tertiary/aromatic N) is 3. The predicted octanol–water partition coefficient (Wildman–Crippen LogP) is 2.11. The summed E-state index contributed by atoms with van der Waals surface area (Å²) in [5.41, 5.74) is 2.11. The minimum absolute atomic E-state index is 0.595. The standard InChI is InChI=1S/C14H18N4O/c1-2-6-14(18-8-7-16-17-18)13(5-1)15-10-12-4-3-9-19-11-12/h1-2,5-8,12,15H,3-4,9-11H2. The molecule has 0 amide bonds. The van der Waals surface area contributed by atoms with Gasteiger partial charge in [-0.05, 0) is 30.9 Å². The SMILES string of the molecule is c1ccc(-n2ccnn2)c(NCC2CCCOC2)c1. The third-order valence-corrected chi connectivity index (χ3v) is 3.41. The molecule has 100 valence electrons. The van der Waals surface area contributed by atoms with Crippen LogP contribution in [0.25, 0.3) is 5.69 Å². The molecular formula is C14H18N4O. The van der Waals surface area contributed by atoms with E-state index >= 15 is 0 Å². The largest absolute Gasteiger partial charge is 0.383 e. The zero-order valence-electron chi connectivity index (χ0n) is 10.8. The van der Waals surface area contributed by atoms with Gasteiger partial charge in [0, 0.05) is 13.2 Å². The molecule has 1 aliphatic rings. The topological polar surface area (TPSA) is 52.0 Å². The minimum atomic E-state index is 0.595. The average Bonchev–Trinajstić information content (AvgIpc) is 3.01. The van der Waals surface area contributed by atoms with Crippen LogP contribution in [0, 0.1) is 5.92 Å². The van der Waals surface area contributed by atoms with E-state index in [2.05, 4.69) is 21.7 Å². The number of aromatic nitrogens is 3. The van der Waals surface area contributed by atoms with Crippen LogP contribution in [-0.2, 0) is 4.74 Å². The summed E-state index contributed by atoms with van der Waals surface area (Å²) in [6, 6.07) is 8.14. The monoisotopic (exact) mass is 258 g/mol. The second-order valence-corrected chi connectivity index (χ2v) is 4.83. The van der Waals surface area contributed by atoms with E-state index in [-0.39, 0.29) is 0 Å². The molecule has 1 aliphatic heterocycles. The van der Waals surface area contributed by atoms with E-state index < -0.39 is 0 Å². The molecule has 5 heteroatoms. The zero-order valence-corrected chi connectivity index (χ0v) is 10.8. The highest BCUT2D eigenvalue weighted by Gasteiger charge is 2.14. The van der Waals surface area contributed by atoms with Crippen LogP contribution in [0.15, 0.2) is 36.7 Å². The Hall–Kier alpha value is -1.88. The van der Waals surface area contributed by atoms with Gasteiger partial charge in [-0.2, -0.15) is 0 Å². The Labute approximate surface area is 112 Å². The number of hydrogen-bond donors (Lipinski definition) is 1. The van der Waals surface area contributed by atoms with Gasteiger partial charge < -0.3 is 10.1 Å². The maximum atomic E-state index is 5.51. The molecule has 1 aromatic heterocycles. The maximum Gasteiger partial charge on any atom is 0.0894 e. The Morgan fingerprint density at radius 1 is 1.37 bits per heavy atom. The van der Waals surface area contributed by atoms with Crippen LogP contribution in [-0.4, -0.2) is 34.8 Å². The first-order valence-corrected chi connectivity index (χ1v) is 6.71. The normalized spacial score (nSPS) is 19.3. The third kappa shape index (κ3) is 2.93. The van der Waals surface area contributed by atoms with Crippen molar-refractivity contribution >= 4 is 5.69 Å². The molecule has 1 unspecified atom stereocenters. The lowest BCUT2D eigenvalue weighted by Crippen LogP contribution is -2.24. The molecule has 19 heavy (non-hydrogen) atoms. The Morgan fingerprint density at radius 2 is 2.32 bits per heavy atom. The van der Waals surface area contributed by atoms with E-state index in [1.807, 2.05) is 24.4 Å². The molecule has 0 bridgehead atoms. The highest BCUT2D eigenvalue weighted by molar-refractivity contribution is 5.60. The van der Waals surface area contributed by atoms with Gasteiger partial charge >= 0.3 is 0 Å². The summed E-state index contributed by atoms with van der Waals surface area (Å²) in [6.45, 7) is 2.70. The second kappa shape index (κ2) is 5.84. The van der Waals surface area contributed by atoms with Crippen LogP contribution in [0.4, 0.5) is 5.69 Å². The number of benzene rings is 1. The first-order valence-electron chi connectivity index (χ1n) is 6.71. The molecule has 1 N–H and O–H groups in total. The van der Waals surface area contributed by atoms with E-state index in [0.29, 0.717) is 5.92 Å². The quantitative estimate of drug-likeness (QED) is 0.912. The zero-order chi connectivity index (χ0) is 12.9. The van der Waals surface area contributed by atoms with E-state index in [0.717, 1.165) is 37.6 Å². The molecule has 0 aliphatic carbocycles. The fraction of sp³-hybridized carbons (Fsp3) is 0.429. The Morgan fingerprint density at radius 3 is 3.11 bits per heavy atom. The van der Waals surface area contributed by atoms with Gasteiger partial charge in [-0.25, -0.2) is 4.68 Å². The molecule has 2 heterocycles. The summed E-state index contributed by atoms with van der Waals surface area (Å²) in [4.78, 5) is 0. The lowest BCUT2D eigenvalue weighted by Gasteiger charge is -2.23. The summed E-state index contributed by atoms with van der Waals surface area (Å²) in [6.07, 6.45) is 5.94. The van der Waals surface area contributed by atoms with Gasteiger partial charge in [-0.1, -0.05) is 17.3 Å². The number of nitrogens with one attached hydrogen (secondary N) is 1. The lowest BCUT2D eigenvalue weighted by molar-refractivity contribution is 0.0595. The van der Waals surface area contributed by atoms with E-state index in [1.165, 1.54) is 6.42 Å². The van der Waals surface area contributed by atoms with Gasteiger partial charge in [0.25, 0.3) is 0 Å². The smallest absolute Gasteiger partial charge is 0.0894 e. The minimum Gasteiger partial charge on any atom is -0.383 e. The van der Waals surface area contributed by atoms with Gasteiger partial charge in [0.05, 0.1) is 30.4 Å². The Kier molecular flexibility index (Phi) is 3.74. The Bertz CT molecular complexity index is 506. The summed E-state index contributed by atoms with van der Waals surface area (Å²) in [7, 11) is 0. The summed E-state index contributed by atoms with van der Waals surface area (Å²) in [5.74, 6) is 0.595. The number of para-hydroxylation sites is 2. The number of anilines is 1. The van der Waals surface area contributed by atoms with Crippen molar-refractivity contribution in [2.45, 2.75) is 12.8 Å². The molecule has 3 rings (SSSR count). The molecule has 0 radical (unpaired) electrons. The molecule has 0 saturated carbocycles. The van der Waals surface area contributed by atoms with Gasteiger partial charge in [-0.15, -0.1) is 5.10 Å². The van der Waals surface area contributed by atoms with Crippen molar-refractivity contribution in [1.29, 1.82) is 0 Å². The van der Waals surface area contributed by atoms with Crippen molar-refractivity contribution in [1.82, 2.24) is 15.0 Å². The van der Waals surface area contributed by atoms with Crippen molar-refractivity contribution < 1.29 is 4.74 Å². The number of rotatable bonds is 4. The molecule has 1 saturated heterocycles. The van der Waals surface area contributed by atoms with Crippen LogP contribution >= 0.6 is 0 Å². The van der Waals surface area contributed by atoms with Gasteiger partial charge in [0.15, 0.2) is 0 Å². The van der Waals surface area contributed by atoms with Crippen LogP contribution in [0.1, 0.15) is 12.8 Å². The average molecular weight is 258 g/mol. The molecule has 1 atom stereocenters. The van der Waals surface area contributed by atoms with E-state index in [1.54, 1.807) is 10.9 Å². The van der Waals surface area contributed by atoms with Crippen molar-refractivity contribution in [3.63, 3.8) is 0 Å². The van der Waals surface area contributed by atoms with Crippen molar-refractivity contribution in [2.24, 2.45) is 5.92 Å². The summed E-state index contributed by atoms with van der Waals surface area (Å²) in [5, 5.41) is 11.4. The first-order chi connectivity index (χ1) is 9.43. The lowest BCUT2D eigenvalue weighted by atomic mass is 10.0. The van der Waals surface area contributed by atoms with Gasteiger partial charge in [0.2, 0.25) is 0 Å². The second-order valence-electron chi connectivity index (χ2n) is 4.83. The van der Waals surface area contributed by atoms with E-state index in [9.17, 15) is 0 Å². The van der Waals surface area contributed by atoms with E-state index in [4.69, 9.17) is 4.74 Å². The summed E-state index contributed by atoms with van der Waals surface area (Å²) >= 11 is 0. The van der Waals surface area contributed by atoms with Gasteiger partial charge in [-0.3, -0.25) is 0 Å². The van der Waals surface area contributed by atoms with Crippen LogP contribution in [0.5, 0.6) is 0 Å². The third-order valence-electron chi connectivity index (χ3n) is 3.41. The Balaban J connectivity index is 1.70. The number of hydrogen-bond acceptors (Lipinski definition) is 4. The van der Waals surface area contributed by atoms with Crippen molar-refractivity contribution in [3.05, 3.63) is 36.7 Å². The van der Waals surface area contributed by atoms with Crippen molar-refractivity contribution in [2.75, 3.05) is 25.1 Å². The first kappa shape index (κ1) is 12.2. The summed E-state index contributed by atoms with van der Waals surface area (Å²) < 4.78 is 7.28. The van der Waals surface area contributed by atoms with Gasteiger partial charge in [0.1, 0.15) is 0 Å². The highest BCUT2D eigenvalue weighted by Crippen LogP contribution is 2.20. The fourth-order valence-corrected chi connectivity index (χ4v) is 2.38. The van der Waals surface area contributed by atoms with Crippen molar-refractivity contribution in [3.8, 4) is 5.69 Å². The fourth-order valence-electron chi connectivity index (χ4n) is 2.38. The van der Waals surface area contributed by atoms with Crippen LogP contribution in [0.2, 0.25) is 0 Å². The molecular weight excluding hydrogens is 240 g/mol. The molecule has 5 nitrogen and oxygen atoms in total. The van der Waals surface area contributed by atoms with Crippen LogP contribution in [0.3, 0.4) is 0 Å². The molecule has 1 fully saturated rings. The maximum absolute atomic E-state index is 5.51.